The number of hydrogen-bond acceptors (Lipinski definition) is 5. The summed E-state index contributed by atoms with van der Waals surface area (Å²) in [5, 5.41) is 8.47. The van der Waals surface area contributed by atoms with E-state index in [2.05, 4.69) is 14.7 Å². The van der Waals surface area contributed by atoms with E-state index in [1.807, 2.05) is 0 Å². The Balaban J connectivity index is 2.54. The number of aliphatic carboxylic acids is 1. The molecule has 0 saturated heterocycles. The molecule has 1 aromatic heterocycles. The van der Waals surface area contributed by atoms with Gasteiger partial charge in [0.2, 0.25) is 0 Å². The molecule has 0 bridgehead atoms. The molecule has 0 atom stereocenters. The molecule has 2 rings (SSSR count). The number of carbonyl (C=O) groups is 2. The monoisotopic (exact) mass is 192 g/mol. The van der Waals surface area contributed by atoms with E-state index in [1.165, 1.54) is 12.5 Å². The average Bonchev–Trinajstić information content (AvgIpc) is 2.44. The largest absolute Gasteiger partial charge is 0.478 e. The third-order valence-corrected chi connectivity index (χ3v) is 1.62. The van der Waals surface area contributed by atoms with Gasteiger partial charge in [0.15, 0.2) is 5.76 Å². The van der Waals surface area contributed by atoms with Crippen molar-refractivity contribution >= 4 is 17.7 Å². The van der Waals surface area contributed by atoms with Gasteiger partial charge in [0.1, 0.15) is 17.6 Å². The Kier molecular flexibility index (Phi) is 1.74. The highest BCUT2D eigenvalue weighted by Gasteiger charge is 2.28. The van der Waals surface area contributed by atoms with Crippen LogP contribution in [0.4, 0.5) is 0 Å². The van der Waals surface area contributed by atoms with E-state index in [1.54, 1.807) is 0 Å². The second-order valence-electron chi connectivity index (χ2n) is 2.52. The average molecular weight is 192 g/mol. The molecule has 1 aliphatic rings. The SMILES string of the molecule is O=C(O)C=C1OC(=O)c2cncnc21. The van der Waals surface area contributed by atoms with Gasteiger partial charge in [-0.15, -0.1) is 0 Å². The molecule has 6 nitrogen and oxygen atoms in total. The standard InChI is InChI=1S/C8H4N2O4/c11-6(12)1-5-7-4(8(13)14-5)2-9-3-10-7/h1-3H,(H,11,12). The maximum absolute atomic E-state index is 11.1. The molecular formula is C8H4N2O4. The summed E-state index contributed by atoms with van der Waals surface area (Å²) in [5.74, 6) is -1.88. The summed E-state index contributed by atoms with van der Waals surface area (Å²) in [7, 11) is 0. The van der Waals surface area contributed by atoms with Gasteiger partial charge < -0.3 is 9.84 Å². The number of ether oxygens (including phenoxy) is 1. The second-order valence-corrected chi connectivity index (χ2v) is 2.52. The number of hydrogen-bond donors (Lipinski definition) is 1. The van der Waals surface area contributed by atoms with Crippen molar-refractivity contribution in [1.29, 1.82) is 0 Å². The topological polar surface area (TPSA) is 89.4 Å². The van der Waals surface area contributed by atoms with Crippen LogP contribution in [-0.2, 0) is 9.53 Å². The number of aromatic nitrogens is 2. The number of esters is 1. The Morgan fingerprint density at radius 1 is 1.57 bits per heavy atom. The van der Waals surface area contributed by atoms with Gasteiger partial charge in [-0.25, -0.2) is 19.6 Å². The van der Waals surface area contributed by atoms with E-state index >= 15 is 0 Å². The molecule has 70 valence electrons. The minimum atomic E-state index is -1.20. The van der Waals surface area contributed by atoms with Crippen molar-refractivity contribution in [3.05, 3.63) is 29.9 Å². The number of carbonyl (C=O) groups excluding carboxylic acids is 1. The van der Waals surface area contributed by atoms with Crippen molar-refractivity contribution in [2.24, 2.45) is 0 Å². The van der Waals surface area contributed by atoms with Crippen LogP contribution in [0.15, 0.2) is 18.6 Å². The smallest absolute Gasteiger partial charge is 0.347 e. The van der Waals surface area contributed by atoms with E-state index in [-0.39, 0.29) is 17.0 Å². The number of rotatable bonds is 1. The molecule has 0 amide bonds. The minimum absolute atomic E-state index is 0.0556. The minimum Gasteiger partial charge on any atom is -0.478 e. The number of nitrogens with zero attached hydrogens (tertiary/aromatic N) is 2. The first-order valence-corrected chi connectivity index (χ1v) is 3.65. The lowest BCUT2D eigenvalue weighted by atomic mass is 10.2. The molecule has 2 heterocycles. The predicted molar refractivity (Wildman–Crippen MR) is 43.1 cm³/mol. The van der Waals surface area contributed by atoms with Crippen molar-refractivity contribution in [2.75, 3.05) is 0 Å². The van der Waals surface area contributed by atoms with Crippen molar-refractivity contribution in [1.82, 2.24) is 9.97 Å². The van der Waals surface area contributed by atoms with Crippen LogP contribution in [0, 0.1) is 0 Å². The molecule has 0 aromatic carbocycles. The van der Waals surface area contributed by atoms with Gasteiger partial charge in [0, 0.05) is 6.20 Å². The van der Waals surface area contributed by atoms with Crippen LogP contribution in [-0.4, -0.2) is 27.0 Å². The van der Waals surface area contributed by atoms with Gasteiger partial charge >= 0.3 is 11.9 Å². The lowest BCUT2D eigenvalue weighted by Crippen LogP contribution is -1.94. The third kappa shape index (κ3) is 1.22. The van der Waals surface area contributed by atoms with E-state index in [0.29, 0.717) is 0 Å². The first-order valence-electron chi connectivity index (χ1n) is 3.65. The highest BCUT2D eigenvalue weighted by molar-refractivity contribution is 6.04. The molecule has 1 aliphatic heterocycles. The van der Waals surface area contributed by atoms with E-state index in [0.717, 1.165) is 6.08 Å². The lowest BCUT2D eigenvalue weighted by Gasteiger charge is -1.93. The summed E-state index contributed by atoms with van der Waals surface area (Å²) >= 11 is 0. The molecule has 1 aromatic rings. The highest BCUT2D eigenvalue weighted by Crippen LogP contribution is 2.26. The molecule has 0 radical (unpaired) electrons. The zero-order valence-corrected chi connectivity index (χ0v) is 6.80. The van der Waals surface area contributed by atoms with Crippen LogP contribution in [0.5, 0.6) is 0 Å². The Bertz CT molecular complexity index is 452. The van der Waals surface area contributed by atoms with E-state index in [4.69, 9.17) is 5.11 Å². The van der Waals surface area contributed by atoms with Crippen LogP contribution in [0.25, 0.3) is 5.76 Å². The molecule has 0 spiro atoms. The van der Waals surface area contributed by atoms with Crippen LogP contribution in [0.1, 0.15) is 16.1 Å². The maximum atomic E-state index is 11.1. The second kappa shape index (κ2) is 2.91. The first-order chi connectivity index (χ1) is 6.68. The Morgan fingerprint density at radius 2 is 2.36 bits per heavy atom. The van der Waals surface area contributed by atoms with Crippen molar-refractivity contribution in [3.63, 3.8) is 0 Å². The Labute approximate surface area is 77.9 Å². The van der Waals surface area contributed by atoms with E-state index in [9.17, 15) is 9.59 Å². The van der Waals surface area contributed by atoms with Gasteiger partial charge in [0.05, 0.1) is 6.08 Å². The van der Waals surface area contributed by atoms with Crippen LogP contribution in [0.2, 0.25) is 0 Å². The van der Waals surface area contributed by atoms with Crippen molar-refractivity contribution in [2.45, 2.75) is 0 Å². The van der Waals surface area contributed by atoms with Crippen molar-refractivity contribution in [3.8, 4) is 0 Å². The molecule has 0 unspecified atom stereocenters. The third-order valence-electron chi connectivity index (χ3n) is 1.62. The number of cyclic esters (lactones) is 1. The Hall–Kier alpha value is -2.24. The summed E-state index contributed by atoms with van der Waals surface area (Å²) in [5.41, 5.74) is 0.396. The van der Waals surface area contributed by atoms with Crippen molar-refractivity contribution < 1.29 is 19.4 Å². The van der Waals surface area contributed by atoms with Gasteiger partial charge in [-0.3, -0.25) is 0 Å². The summed E-state index contributed by atoms with van der Waals surface area (Å²) in [6, 6.07) is 0. The van der Waals surface area contributed by atoms with Crippen LogP contribution >= 0.6 is 0 Å². The number of carboxylic acids is 1. The van der Waals surface area contributed by atoms with Gasteiger partial charge in [-0.2, -0.15) is 0 Å². The molecular weight excluding hydrogens is 188 g/mol. The van der Waals surface area contributed by atoms with Gasteiger partial charge in [-0.1, -0.05) is 0 Å². The summed E-state index contributed by atoms with van der Waals surface area (Å²) in [6.07, 6.45) is 3.29. The predicted octanol–water partition coefficient (Wildman–Crippen LogP) is 0.0725. The first kappa shape index (κ1) is 8.36. The van der Waals surface area contributed by atoms with Crippen LogP contribution < -0.4 is 0 Å². The number of fused-ring (bicyclic) bond motifs is 1. The molecule has 0 aliphatic carbocycles. The molecule has 0 saturated carbocycles. The summed E-state index contributed by atoms with van der Waals surface area (Å²) < 4.78 is 4.68. The zero-order valence-electron chi connectivity index (χ0n) is 6.80. The lowest BCUT2D eigenvalue weighted by molar-refractivity contribution is -0.131. The van der Waals surface area contributed by atoms with Gasteiger partial charge in [0.25, 0.3) is 0 Å². The molecule has 6 heteroatoms. The molecule has 1 N–H and O–H groups in total. The zero-order chi connectivity index (χ0) is 10.1. The summed E-state index contributed by atoms with van der Waals surface area (Å²) in [4.78, 5) is 28.9. The fraction of sp³-hybridized carbons (Fsp3) is 0. The summed E-state index contributed by atoms with van der Waals surface area (Å²) in [6.45, 7) is 0. The number of carboxylic acid groups (broad SMARTS) is 1. The van der Waals surface area contributed by atoms with Crippen LogP contribution in [0.3, 0.4) is 0 Å². The maximum Gasteiger partial charge on any atom is 0.347 e. The highest BCUT2D eigenvalue weighted by atomic mass is 16.5. The molecule has 0 fully saturated rings. The fourth-order valence-electron chi connectivity index (χ4n) is 1.09. The Morgan fingerprint density at radius 3 is 3.07 bits per heavy atom. The van der Waals surface area contributed by atoms with Gasteiger partial charge in [-0.05, 0) is 0 Å². The fourth-order valence-corrected chi connectivity index (χ4v) is 1.09. The van der Waals surface area contributed by atoms with E-state index < -0.39 is 11.9 Å². The molecule has 14 heavy (non-hydrogen) atoms. The normalized spacial score (nSPS) is 16.6. The quantitative estimate of drug-likeness (QED) is 0.500.